The first-order valence-electron chi connectivity index (χ1n) is 7.10. The minimum Gasteiger partial charge on any atom is -0.479 e. The molecule has 0 bridgehead atoms. The van der Waals surface area contributed by atoms with E-state index in [1.54, 1.807) is 4.68 Å². The quantitative estimate of drug-likeness (QED) is 0.709. The second-order valence-electron chi connectivity index (χ2n) is 5.21. The Balaban J connectivity index is 2.19. The summed E-state index contributed by atoms with van der Waals surface area (Å²) >= 11 is 0. The molecular weight excluding hydrogens is 300 g/mol. The van der Waals surface area contributed by atoms with Gasteiger partial charge in [0.05, 0.1) is 12.2 Å². The van der Waals surface area contributed by atoms with Crippen LogP contribution in [0.4, 0.5) is 0 Å². The van der Waals surface area contributed by atoms with Crippen molar-refractivity contribution in [2.24, 2.45) is 0 Å². The number of benzene rings is 1. The van der Waals surface area contributed by atoms with Gasteiger partial charge in [-0.1, -0.05) is 25.1 Å². The lowest BCUT2D eigenvalue weighted by Gasteiger charge is -2.17. The van der Waals surface area contributed by atoms with Gasteiger partial charge in [-0.25, -0.2) is 14.5 Å². The van der Waals surface area contributed by atoms with Crippen LogP contribution in [0.2, 0.25) is 0 Å². The zero-order valence-electron chi connectivity index (χ0n) is 12.9. The van der Waals surface area contributed by atoms with E-state index < -0.39 is 24.0 Å². The van der Waals surface area contributed by atoms with Crippen LogP contribution < -0.4 is 5.32 Å². The number of carbonyl (C=O) groups excluding carboxylic acids is 1. The number of rotatable bonds is 6. The first kappa shape index (κ1) is 16.6. The van der Waals surface area contributed by atoms with E-state index in [-0.39, 0.29) is 5.82 Å². The lowest BCUT2D eigenvalue weighted by atomic mass is 10.1. The van der Waals surface area contributed by atoms with Crippen molar-refractivity contribution >= 4 is 11.9 Å². The van der Waals surface area contributed by atoms with Crippen molar-refractivity contribution in [2.75, 3.05) is 6.54 Å². The minimum atomic E-state index is -2.05. The van der Waals surface area contributed by atoms with Gasteiger partial charge >= 0.3 is 5.97 Å². The van der Waals surface area contributed by atoms with Crippen molar-refractivity contribution in [1.82, 2.24) is 20.1 Å². The van der Waals surface area contributed by atoms with E-state index in [0.29, 0.717) is 12.2 Å². The van der Waals surface area contributed by atoms with Gasteiger partial charge in [0.2, 0.25) is 5.82 Å². The van der Waals surface area contributed by atoms with Crippen molar-refractivity contribution < 1.29 is 19.8 Å². The second kappa shape index (κ2) is 6.57. The highest BCUT2D eigenvalue weighted by molar-refractivity contribution is 5.91. The van der Waals surface area contributed by atoms with E-state index in [1.807, 2.05) is 37.3 Å². The van der Waals surface area contributed by atoms with Crippen LogP contribution in [0.5, 0.6) is 0 Å². The summed E-state index contributed by atoms with van der Waals surface area (Å²) in [5.41, 5.74) is -1.28. The molecule has 0 spiro atoms. The Morgan fingerprint density at radius 3 is 2.52 bits per heavy atom. The summed E-state index contributed by atoms with van der Waals surface area (Å²) in [6, 6.07) is 9.24. The molecule has 3 N–H and O–H groups in total. The molecule has 0 aliphatic carbocycles. The van der Waals surface area contributed by atoms with Crippen LogP contribution in [-0.2, 0) is 11.2 Å². The van der Waals surface area contributed by atoms with Gasteiger partial charge in [0, 0.05) is 6.42 Å². The highest BCUT2D eigenvalue weighted by Gasteiger charge is 2.31. The standard InChI is InChI=1S/C15H18N4O4/c1-3-11-17-12(13(20)16-9-15(2,23)14(21)22)18-19(11)10-7-5-4-6-8-10/h4-8,23H,3,9H2,1-2H3,(H,16,20)(H,21,22). The number of hydrogen-bond acceptors (Lipinski definition) is 5. The topological polar surface area (TPSA) is 117 Å². The Morgan fingerprint density at radius 2 is 1.96 bits per heavy atom. The zero-order chi connectivity index (χ0) is 17.0. The van der Waals surface area contributed by atoms with Crippen molar-refractivity contribution in [1.29, 1.82) is 0 Å². The summed E-state index contributed by atoms with van der Waals surface area (Å²) in [6.45, 7) is 2.55. The van der Waals surface area contributed by atoms with E-state index in [4.69, 9.17) is 5.11 Å². The van der Waals surface area contributed by atoms with Crippen LogP contribution in [0.1, 0.15) is 30.3 Å². The SMILES string of the molecule is CCc1nc(C(=O)NCC(C)(O)C(=O)O)nn1-c1ccccc1. The van der Waals surface area contributed by atoms with Crippen molar-refractivity contribution in [3.63, 3.8) is 0 Å². The lowest BCUT2D eigenvalue weighted by molar-refractivity contribution is -0.155. The summed E-state index contributed by atoms with van der Waals surface area (Å²) in [4.78, 5) is 27.1. The van der Waals surface area contributed by atoms with E-state index in [0.717, 1.165) is 12.6 Å². The van der Waals surface area contributed by atoms with E-state index in [9.17, 15) is 14.7 Å². The molecule has 23 heavy (non-hydrogen) atoms. The molecule has 1 aromatic carbocycles. The number of aryl methyl sites for hydroxylation is 1. The summed E-state index contributed by atoms with van der Waals surface area (Å²) in [6.07, 6.45) is 0.571. The molecule has 1 atom stereocenters. The van der Waals surface area contributed by atoms with Gasteiger partial charge in [-0.15, -0.1) is 5.10 Å². The Labute approximate surface area is 132 Å². The fourth-order valence-electron chi connectivity index (χ4n) is 1.85. The van der Waals surface area contributed by atoms with Crippen LogP contribution in [0.25, 0.3) is 5.69 Å². The molecule has 1 heterocycles. The number of para-hydroxylation sites is 1. The van der Waals surface area contributed by atoms with E-state index in [2.05, 4.69) is 15.4 Å². The monoisotopic (exact) mass is 318 g/mol. The summed E-state index contributed by atoms with van der Waals surface area (Å²) in [7, 11) is 0. The summed E-state index contributed by atoms with van der Waals surface area (Å²) < 4.78 is 1.56. The molecule has 0 saturated heterocycles. The molecule has 2 rings (SSSR count). The predicted octanol–water partition coefficient (Wildman–Crippen LogP) is 0.395. The summed E-state index contributed by atoms with van der Waals surface area (Å²) in [5, 5.41) is 24.9. The Kier molecular flexibility index (Phi) is 4.75. The average molecular weight is 318 g/mol. The number of nitrogens with zero attached hydrogens (tertiary/aromatic N) is 3. The molecule has 0 fully saturated rings. The third-order valence-electron chi connectivity index (χ3n) is 3.25. The van der Waals surface area contributed by atoms with Gasteiger partial charge in [-0.05, 0) is 19.1 Å². The largest absolute Gasteiger partial charge is 0.479 e. The maximum absolute atomic E-state index is 12.1. The van der Waals surface area contributed by atoms with Crippen LogP contribution in [0, 0.1) is 0 Å². The molecule has 122 valence electrons. The molecule has 1 aromatic heterocycles. The predicted molar refractivity (Wildman–Crippen MR) is 81.3 cm³/mol. The second-order valence-corrected chi connectivity index (χ2v) is 5.21. The van der Waals surface area contributed by atoms with Gasteiger partial charge < -0.3 is 15.5 Å². The van der Waals surface area contributed by atoms with E-state index >= 15 is 0 Å². The Hall–Kier alpha value is -2.74. The Morgan fingerprint density at radius 1 is 1.30 bits per heavy atom. The number of amides is 1. The number of carboxylic acid groups (broad SMARTS) is 1. The maximum Gasteiger partial charge on any atom is 0.337 e. The number of hydrogen-bond donors (Lipinski definition) is 3. The molecule has 8 nitrogen and oxygen atoms in total. The van der Waals surface area contributed by atoms with Crippen molar-refractivity contribution in [3.05, 3.63) is 42.0 Å². The van der Waals surface area contributed by atoms with Crippen LogP contribution in [0.3, 0.4) is 0 Å². The van der Waals surface area contributed by atoms with Crippen molar-refractivity contribution in [2.45, 2.75) is 25.9 Å². The van der Waals surface area contributed by atoms with Gasteiger partial charge in [-0.3, -0.25) is 4.79 Å². The molecule has 0 aliphatic heterocycles. The average Bonchev–Trinajstić information content (AvgIpc) is 2.97. The normalized spacial score (nSPS) is 13.3. The first-order valence-corrected chi connectivity index (χ1v) is 7.10. The fraction of sp³-hybridized carbons (Fsp3) is 0.333. The third-order valence-corrected chi connectivity index (χ3v) is 3.25. The van der Waals surface area contributed by atoms with Crippen LogP contribution in [0.15, 0.2) is 30.3 Å². The maximum atomic E-state index is 12.1. The lowest BCUT2D eigenvalue weighted by Crippen LogP contribution is -2.46. The third kappa shape index (κ3) is 3.72. The molecule has 1 amide bonds. The minimum absolute atomic E-state index is 0.0770. The first-order chi connectivity index (χ1) is 10.8. The smallest absolute Gasteiger partial charge is 0.337 e. The number of nitrogens with one attached hydrogen (secondary N) is 1. The van der Waals surface area contributed by atoms with Gasteiger partial charge in [0.15, 0.2) is 5.60 Å². The number of aliphatic carboxylic acids is 1. The molecule has 0 radical (unpaired) electrons. The molecule has 0 saturated carbocycles. The molecule has 1 unspecified atom stereocenters. The number of carboxylic acids is 1. The number of aliphatic hydroxyl groups is 1. The molecular formula is C15H18N4O4. The van der Waals surface area contributed by atoms with Crippen LogP contribution in [-0.4, -0.2) is 49.0 Å². The zero-order valence-corrected chi connectivity index (χ0v) is 12.9. The van der Waals surface area contributed by atoms with Crippen molar-refractivity contribution in [3.8, 4) is 5.69 Å². The number of aromatic nitrogens is 3. The van der Waals surface area contributed by atoms with Gasteiger partial charge in [0.1, 0.15) is 5.82 Å². The van der Waals surface area contributed by atoms with Gasteiger partial charge in [0.25, 0.3) is 5.91 Å². The van der Waals surface area contributed by atoms with Gasteiger partial charge in [-0.2, -0.15) is 0 Å². The van der Waals surface area contributed by atoms with Crippen LogP contribution >= 0.6 is 0 Å². The number of carbonyl (C=O) groups is 2. The molecule has 0 aliphatic rings. The fourth-order valence-corrected chi connectivity index (χ4v) is 1.85. The molecule has 8 heteroatoms. The highest BCUT2D eigenvalue weighted by Crippen LogP contribution is 2.10. The van der Waals surface area contributed by atoms with E-state index in [1.165, 1.54) is 0 Å². The molecule has 2 aromatic rings. The summed E-state index contributed by atoms with van der Waals surface area (Å²) in [5.74, 6) is -1.54. The Bertz CT molecular complexity index is 710. The highest BCUT2D eigenvalue weighted by atomic mass is 16.4.